The summed E-state index contributed by atoms with van der Waals surface area (Å²) in [5.41, 5.74) is 4.88. The average Bonchev–Trinajstić information content (AvgIpc) is 2.66. The maximum absolute atomic E-state index is 11.2. The summed E-state index contributed by atoms with van der Waals surface area (Å²) in [6.07, 6.45) is 5.51. The Morgan fingerprint density at radius 3 is 2.92 bits per heavy atom. The van der Waals surface area contributed by atoms with Crippen LogP contribution in [-0.4, -0.2) is 44.4 Å². The molecule has 1 aromatic heterocycles. The minimum Gasteiger partial charge on any atom is -0.464 e. The molecule has 1 unspecified atom stereocenters. The van der Waals surface area contributed by atoms with E-state index in [0.717, 1.165) is 38.0 Å². The molecule has 0 spiro atoms. The molecule has 146 valence electrons. The van der Waals surface area contributed by atoms with E-state index in [1.165, 1.54) is 29.7 Å². The summed E-state index contributed by atoms with van der Waals surface area (Å²) < 4.78 is 15.6. The van der Waals surface area contributed by atoms with Gasteiger partial charge < -0.3 is 19.5 Å². The topological polar surface area (TPSA) is 69.7 Å². The molecule has 6 nitrogen and oxygen atoms in total. The van der Waals surface area contributed by atoms with Crippen LogP contribution in [0.3, 0.4) is 0 Å². The van der Waals surface area contributed by atoms with Crippen LogP contribution in [0.4, 0.5) is 0 Å². The Bertz CT molecular complexity index is 577. The van der Waals surface area contributed by atoms with Gasteiger partial charge in [-0.2, -0.15) is 0 Å². The van der Waals surface area contributed by atoms with Crippen molar-refractivity contribution in [3.8, 4) is 0 Å². The first-order valence-electron chi connectivity index (χ1n) is 9.64. The molecule has 0 saturated heterocycles. The zero-order chi connectivity index (χ0) is 18.8. The molecule has 0 aromatic carbocycles. The largest absolute Gasteiger partial charge is 0.464 e. The van der Waals surface area contributed by atoms with E-state index in [1.807, 2.05) is 6.92 Å². The first-order chi connectivity index (χ1) is 12.7. The van der Waals surface area contributed by atoms with Gasteiger partial charge in [-0.1, -0.05) is 6.07 Å². The minimum absolute atomic E-state index is 0.00746. The van der Waals surface area contributed by atoms with Crippen LogP contribution in [0.15, 0.2) is 6.07 Å². The van der Waals surface area contributed by atoms with Crippen LogP contribution in [0.5, 0.6) is 0 Å². The summed E-state index contributed by atoms with van der Waals surface area (Å²) in [6.45, 7) is 6.37. The average molecular weight is 364 g/mol. The Kier molecular flexibility index (Phi) is 9.01. The number of esters is 1. The molecule has 1 aromatic rings. The molecule has 0 amide bonds. The van der Waals surface area contributed by atoms with Gasteiger partial charge in [0.15, 0.2) is 0 Å². The number of aromatic nitrogens is 1. The summed E-state index contributed by atoms with van der Waals surface area (Å²) in [5.74, 6) is -0.307. The van der Waals surface area contributed by atoms with Gasteiger partial charge in [0, 0.05) is 26.0 Å². The molecule has 1 N–H and O–H groups in total. The van der Waals surface area contributed by atoms with Gasteiger partial charge in [-0.05, 0) is 63.6 Å². The first-order valence-corrected chi connectivity index (χ1v) is 9.64. The SMILES string of the molecule is CCOC(=O)COCCCNCc1cc2c(nc1C(C)OC)CCCC2. The molecule has 0 bridgehead atoms. The molecule has 6 heteroatoms. The van der Waals surface area contributed by atoms with E-state index in [4.69, 9.17) is 19.2 Å². The quantitative estimate of drug-likeness (QED) is 0.481. The molecule has 0 fully saturated rings. The van der Waals surface area contributed by atoms with Gasteiger partial charge in [-0.25, -0.2) is 4.79 Å². The Morgan fingerprint density at radius 2 is 2.15 bits per heavy atom. The minimum atomic E-state index is -0.307. The normalized spacial score (nSPS) is 14.7. The number of nitrogens with one attached hydrogen (secondary N) is 1. The van der Waals surface area contributed by atoms with Gasteiger partial charge in [-0.15, -0.1) is 0 Å². The standard InChI is InChI=1S/C20H32N2O4/c1-4-26-19(23)14-25-11-7-10-21-13-17-12-16-8-5-6-9-18(16)22-20(17)15(2)24-3/h12,15,21H,4-11,13-14H2,1-3H3. The molecule has 1 aliphatic carbocycles. The Morgan fingerprint density at radius 1 is 1.35 bits per heavy atom. The van der Waals surface area contributed by atoms with Gasteiger partial charge in [-0.3, -0.25) is 4.98 Å². The zero-order valence-corrected chi connectivity index (χ0v) is 16.3. The Labute approximate surface area is 156 Å². The van der Waals surface area contributed by atoms with Gasteiger partial charge in [0.1, 0.15) is 6.61 Å². The smallest absolute Gasteiger partial charge is 0.332 e. The van der Waals surface area contributed by atoms with Crippen molar-refractivity contribution in [2.45, 2.75) is 58.6 Å². The molecule has 0 radical (unpaired) electrons. The van der Waals surface area contributed by atoms with E-state index >= 15 is 0 Å². The van der Waals surface area contributed by atoms with Crippen molar-refractivity contribution in [3.63, 3.8) is 0 Å². The lowest BCUT2D eigenvalue weighted by molar-refractivity contribution is -0.148. The van der Waals surface area contributed by atoms with Crippen LogP contribution in [0.2, 0.25) is 0 Å². The van der Waals surface area contributed by atoms with Crippen LogP contribution in [0.25, 0.3) is 0 Å². The van der Waals surface area contributed by atoms with Crippen molar-refractivity contribution in [3.05, 3.63) is 28.6 Å². The van der Waals surface area contributed by atoms with E-state index in [0.29, 0.717) is 13.2 Å². The summed E-state index contributed by atoms with van der Waals surface area (Å²) >= 11 is 0. The fourth-order valence-corrected chi connectivity index (χ4v) is 3.18. The van der Waals surface area contributed by atoms with Crippen LogP contribution < -0.4 is 5.32 Å². The lowest BCUT2D eigenvalue weighted by atomic mass is 9.93. The van der Waals surface area contributed by atoms with E-state index in [-0.39, 0.29) is 18.7 Å². The van der Waals surface area contributed by atoms with Crippen LogP contribution >= 0.6 is 0 Å². The summed E-state index contributed by atoms with van der Waals surface area (Å²) in [5, 5.41) is 3.45. The third-order valence-electron chi connectivity index (χ3n) is 4.63. The number of nitrogens with zero attached hydrogens (tertiary/aromatic N) is 1. The highest BCUT2D eigenvalue weighted by atomic mass is 16.6. The number of hydrogen-bond donors (Lipinski definition) is 1. The number of carbonyl (C=O) groups excluding carboxylic acids is 1. The number of rotatable bonds is 11. The van der Waals surface area contributed by atoms with E-state index in [2.05, 4.69) is 11.4 Å². The second-order valence-corrected chi connectivity index (χ2v) is 6.61. The van der Waals surface area contributed by atoms with Gasteiger partial charge in [0.25, 0.3) is 0 Å². The highest BCUT2D eigenvalue weighted by Crippen LogP contribution is 2.26. The number of fused-ring (bicyclic) bond motifs is 1. The molecule has 0 aliphatic heterocycles. The molecule has 26 heavy (non-hydrogen) atoms. The molecule has 1 heterocycles. The number of methoxy groups -OCH3 is 1. The van der Waals surface area contributed by atoms with Gasteiger partial charge >= 0.3 is 5.97 Å². The lowest BCUT2D eigenvalue weighted by Crippen LogP contribution is -2.21. The van der Waals surface area contributed by atoms with Crippen molar-refractivity contribution < 1.29 is 19.0 Å². The lowest BCUT2D eigenvalue weighted by Gasteiger charge is -2.21. The van der Waals surface area contributed by atoms with Crippen molar-refractivity contribution in [1.29, 1.82) is 0 Å². The predicted molar refractivity (Wildman–Crippen MR) is 100 cm³/mol. The van der Waals surface area contributed by atoms with Crippen LogP contribution in [0.1, 0.15) is 61.7 Å². The monoisotopic (exact) mass is 364 g/mol. The third kappa shape index (κ3) is 6.34. The zero-order valence-electron chi connectivity index (χ0n) is 16.3. The first kappa shape index (κ1) is 20.8. The fourth-order valence-electron chi connectivity index (χ4n) is 3.18. The number of aryl methyl sites for hydroxylation is 2. The van der Waals surface area contributed by atoms with Gasteiger partial charge in [0.05, 0.1) is 18.4 Å². The van der Waals surface area contributed by atoms with Crippen molar-refractivity contribution in [1.82, 2.24) is 10.3 Å². The molecular formula is C20H32N2O4. The third-order valence-corrected chi connectivity index (χ3v) is 4.63. The van der Waals surface area contributed by atoms with Crippen LogP contribution in [-0.2, 0) is 38.4 Å². The Hall–Kier alpha value is -1.50. The summed E-state index contributed by atoms with van der Waals surface area (Å²) in [7, 11) is 1.73. The maximum Gasteiger partial charge on any atom is 0.332 e. The Balaban J connectivity index is 1.80. The van der Waals surface area contributed by atoms with Crippen LogP contribution in [0, 0.1) is 0 Å². The number of pyridine rings is 1. The van der Waals surface area contributed by atoms with Crippen molar-refractivity contribution >= 4 is 5.97 Å². The number of carbonyl (C=O) groups is 1. The van der Waals surface area contributed by atoms with E-state index in [1.54, 1.807) is 14.0 Å². The van der Waals surface area contributed by atoms with E-state index < -0.39 is 0 Å². The molecule has 1 atom stereocenters. The van der Waals surface area contributed by atoms with Crippen molar-refractivity contribution in [2.24, 2.45) is 0 Å². The molecule has 1 aliphatic rings. The second kappa shape index (κ2) is 11.3. The highest BCUT2D eigenvalue weighted by molar-refractivity contribution is 5.70. The summed E-state index contributed by atoms with van der Waals surface area (Å²) in [6, 6.07) is 2.30. The second-order valence-electron chi connectivity index (χ2n) is 6.61. The maximum atomic E-state index is 11.2. The highest BCUT2D eigenvalue weighted by Gasteiger charge is 2.18. The molecule has 2 rings (SSSR count). The number of ether oxygens (including phenoxy) is 3. The fraction of sp³-hybridized carbons (Fsp3) is 0.700. The predicted octanol–water partition coefficient (Wildman–Crippen LogP) is 2.73. The van der Waals surface area contributed by atoms with Gasteiger partial charge in [0.2, 0.25) is 0 Å². The summed E-state index contributed by atoms with van der Waals surface area (Å²) in [4.78, 5) is 16.1. The van der Waals surface area contributed by atoms with E-state index in [9.17, 15) is 4.79 Å². The number of hydrogen-bond acceptors (Lipinski definition) is 6. The molecular weight excluding hydrogens is 332 g/mol. The van der Waals surface area contributed by atoms with Crippen molar-refractivity contribution in [2.75, 3.05) is 33.5 Å². The molecule has 0 saturated carbocycles.